The smallest absolute Gasteiger partial charge is 0.223 e. The monoisotopic (exact) mass is 340 g/mol. The predicted molar refractivity (Wildman–Crippen MR) is 105 cm³/mol. The molecule has 1 aromatic rings. The lowest BCUT2D eigenvalue weighted by atomic mass is 9.95. The Morgan fingerprint density at radius 3 is 2.64 bits per heavy atom. The highest BCUT2D eigenvalue weighted by molar-refractivity contribution is 6.09. The van der Waals surface area contributed by atoms with Gasteiger partial charge in [0.1, 0.15) is 0 Å². The molecule has 136 valence electrons. The van der Waals surface area contributed by atoms with Crippen LogP contribution in [0.4, 0.5) is 5.95 Å². The van der Waals surface area contributed by atoms with E-state index in [1.54, 1.807) is 0 Å². The quantitative estimate of drug-likeness (QED) is 0.611. The van der Waals surface area contributed by atoms with Crippen LogP contribution < -0.4 is 5.32 Å². The number of aryl methyl sites for hydroxylation is 1. The topological polar surface area (TPSA) is 61.7 Å². The molecule has 0 spiro atoms. The van der Waals surface area contributed by atoms with E-state index >= 15 is 0 Å². The third-order valence-corrected chi connectivity index (χ3v) is 5.47. The van der Waals surface area contributed by atoms with E-state index in [4.69, 9.17) is 10.4 Å². The van der Waals surface area contributed by atoms with Gasteiger partial charge in [-0.3, -0.25) is 0 Å². The van der Waals surface area contributed by atoms with Gasteiger partial charge in [-0.05, 0) is 56.9 Å². The van der Waals surface area contributed by atoms with E-state index in [0.29, 0.717) is 6.04 Å². The first-order valence-electron chi connectivity index (χ1n) is 10.0. The summed E-state index contributed by atoms with van der Waals surface area (Å²) in [6, 6.07) is 0.498. The van der Waals surface area contributed by atoms with E-state index in [1.165, 1.54) is 56.7 Å². The van der Waals surface area contributed by atoms with Crippen LogP contribution in [-0.4, -0.2) is 22.2 Å². The van der Waals surface area contributed by atoms with Crippen LogP contribution in [0, 0.1) is 18.3 Å². The van der Waals surface area contributed by atoms with Crippen molar-refractivity contribution in [3.05, 3.63) is 23.0 Å². The van der Waals surface area contributed by atoms with Crippen LogP contribution in [0.3, 0.4) is 0 Å². The molecule has 4 heteroatoms. The molecule has 2 saturated carbocycles. The van der Waals surface area contributed by atoms with E-state index in [1.807, 2.05) is 6.20 Å². The molecule has 1 aromatic heterocycles. The van der Waals surface area contributed by atoms with Gasteiger partial charge in [-0.2, -0.15) is 0 Å². The van der Waals surface area contributed by atoms with Gasteiger partial charge < -0.3 is 10.7 Å². The highest BCUT2D eigenvalue weighted by atomic mass is 15.1. The second-order valence-corrected chi connectivity index (χ2v) is 7.76. The lowest BCUT2D eigenvalue weighted by Gasteiger charge is -2.23. The van der Waals surface area contributed by atoms with Crippen molar-refractivity contribution < 1.29 is 0 Å². The molecule has 25 heavy (non-hydrogen) atoms. The van der Waals surface area contributed by atoms with Crippen LogP contribution >= 0.6 is 0 Å². The molecule has 0 saturated heterocycles. The largest absolute Gasteiger partial charge is 0.351 e. The van der Waals surface area contributed by atoms with Crippen molar-refractivity contribution in [2.24, 2.45) is 5.92 Å². The Kier molecular flexibility index (Phi) is 6.22. The van der Waals surface area contributed by atoms with Crippen molar-refractivity contribution in [3.8, 4) is 0 Å². The highest BCUT2D eigenvalue weighted by Crippen LogP contribution is 2.38. The third kappa shape index (κ3) is 4.90. The van der Waals surface area contributed by atoms with Crippen LogP contribution in [0.2, 0.25) is 0 Å². The normalized spacial score (nSPS) is 19.4. The predicted octanol–water partition coefficient (Wildman–Crippen LogP) is 5.53. The minimum absolute atomic E-state index is 0.498. The minimum Gasteiger partial charge on any atom is -0.351 e. The lowest BCUT2D eigenvalue weighted by molar-refractivity contribution is 0.461. The van der Waals surface area contributed by atoms with Gasteiger partial charge in [0.2, 0.25) is 5.95 Å². The van der Waals surface area contributed by atoms with Gasteiger partial charge in [0, 0.05) is 24.0 Å². The molecular weight excluding hydrogens is 308 g/mol. The maximum Gasteiger partial charge on any atom is 0.223 e. The van der Waals surface area contributed by atoms with Crippen molar-refractivity contribution in [3.63, 3.8) is 0 Å². The van der Waals surface area contributed by atoms with Gasteiger partial charge in [0.15, 0.2) is 0 Å². The molecule has 2 fully saturated rings. The van der Waals surface area contributed by atoms with Gasteiger partial charge in [-0.1, -0.05) is 38.2 Å². The van der Waals surface area contributed by atoms with Crippen molar-refractivity contribution in [2.75, 3.05) is 5.32 Å². The fourth-order valence-corrected chi connectivity index (χ4v) is 3.87. The third-order valence-electron chi connectivity index (χ3n) is 5.47. The maximum absolute atomic E-state index is 8.03. The summed E-state index contributed by atoms with van der Waals surface area (Å²) in [6.45, 7) is 4.28. The summed E-state index contributed by atoms with van der Waals surface area (Å²) >= 11 is 0. The minimum atomic E-state index is 0.498. The molecule has 0 aromatic carbocycles. The Labute approximate surface area is 152 Å². The van der Waals surface area contributed by atoms with Crippen molar-refractivity contribution >= 4 is 17.7 Å². The molecule has 0 unspecified atom stereocenters. The van der Waals surface area contributed by atoms with Crippen LogP contribution in [0.25, 0.3) is 5.57 Å². The summed E-state index contributed by atoms with van der Waals surface area (Å²) in [5, 5.41) is 11.6. The average Bonchev–Trinajstić information content (AvgIpc) is 3.43. The van der Waals surface area contributed by atoms with Crippen LogP contribution in [0.5, 0.6) is 0 Å². The number of anilines is 1. The number of nitrogens with zero attached hydrogens (tertiary/aromatic N) is 2. The van der Waals surface area contributed by atoms with Crippen LogP contribution in [-0.2, 0) is 0 Å². The molecule has 3 rings (SSSR count). The average molecular weight is 341 g/mol. The van der Waals surface area contributed by atoms with Crippen LogP contribution in [0.15, 0.2) is 11.8 Å². The second-order valence-electron chi connectivity index (χ2n) is 7.76. The molecular formula is C21H32N4. The van der Waals surface area contributed by atoms with Gasteiger partial charge >= 0.3 is 0 Å². The SMILES string of the molecule is CCC/C(CC1CC1)=C(\C=N)c1nc(NC2CCCCC2)ncc1C. The molecule has 0 bridgehead atoms. The van der Waals surface area contributed by atoms with Crippen molar-refractivity contribution in [1.29, 1.82) is 5.41 Å². The number of rotatable bonds is 8. The fourth-order valence-electron chi connectivity index (χ4n) is 3.87. The zero-order valence-electron chi connectivity index (χ0n) is 15.8. The highest BCUT2D eigenvalue weighted by Gasteiger charge is 2.24. The molecule has 2 aliphatic rings. The Morgan fingerprint density at radius 1 is 1.24 bits per heavy atom. The number of hydrogen-bond acceptors (Lipinski definition) is 4. The summed E-state index contributed by atoms with van der Waals surface area (Å²) in [5.74, 6) is 1.56. The van der Waals surface area contributed by atoms with E-state index in [9.17, 15) is 0 Å². The first kappa shape index (κ1) is 18.1. The fraction of sp³-hybridized carbons (Fsp3) is 0.667. The van der Waals surface area contributed by atoms with E-state index < -0.39 is 0 Å². The maximum atomic E-state index is 8.03. The van der Waals surface area contributed by atoms with Gasteiger partial charge in [-0.25, -0.2) is 9.97 Å². The van der Waals surface area contributed by atoms with Gasteiger partial charge in [0.05, 0.1) is 5.69 Å². The first-order chi connectivity index (χ1) is 12.2. The molecule has 4 nitrogen and oxygen atoms in total. The number of nitrogens with one attached hydrogen (secondary N) is 2. The molecule has 2 aliphatic carbocycles. The molecule has 1 heterocycles. The zero-order chi connectivity index (χ0) is 17.6. The molecule has 0 radical (unpaired) electrons. The summed E-state index contributed by atoms with van der Waals surface area (Å²) in [5.41, 5.74) is 4.45. The second kappa shape index (κ2) is 8.59. The summed E-state index contributed by atoms with van der Waals surface area (Å²) < 4.78 is 0. The first-order valence-corrected chi connectivity index (χ1v) is 10.0. The standard InChI is InChI=1S/C21H32N4/c1-3-7-17(12-16-10-11-16)19(13-22)20-15(2)14-23-21(25-20)24-18-8-5-4-6-9-18/h13-14,16,18,22H,3-12H2,1-2H3,(H,23,24,25)/b19-17-,22-13?. The van der Waals surface area contributed by atoms with Crippen LogP contribution in [0.1, 0.15) is 82.4 Å². The Hall–Kier alpha value is -1.71. The zero-order valence-corrected chi connectivity index (χ0v) is 15.8. The molecule has 2 N–H and O–H groups in total. The van der Waals surface area contributed by atoms with E-state index in [2.05, 4.69) is 24.1 Å². The van der Waals surface area contributed by atoms with Crippen molar-refractivity contribution in [2.45, 2.75) is 84.1 Å². The van der Waals surface area contributed by atoms with E-state index in [0.717, 1.165) is 48.0 Å². The summed E-state index contributed by atoms with van der Waals surface area (Å²) in [6.07, 6.45) is 15.8. The lowest BCUT2D eigenvalue weighted by Crippen LogP contribution is -2.23. The van der Waals surface area contributed by atoms with Gasteiger partial charge in [-0.15, -0.1) is 0 Å². The Balaban J connectivity index is 1.86. The number of allylic oxidation sites excluding steroid dienone is 2. The molecule has 0 atom stereocenters. The Morgan fingerprint density at radius 2 is 2.00 bits per heavy atom. The Bertz CT molecular complexity index is 625. The van der Waals surface area contributed by atoms with Crippen molar-refractivity contribution in [1.82, 2.24) is 9.97 Å². The molecule has 0 amide bonds. The summed E-state index contributed by atoms with van der Waals surface area (Å²) in [4.78, 5) is 9.35. The van der Waals surface area contributed by atoms with Gasteiger partial charge in [0.25, 0.3) is 0 Å². The number of aromatic nitrogens is 2. The number of hydrogen-bond donors (Lipinski definition) is 2. The summed E-state index contributed by atoms with van der Waals surface area (Å²) in [7, 11) is 0. The molecule has 0 aliphatic heterocycles. The van der Waals surface area contributed by atoms with E-state index in [-0.39, 0.29) is 0 Å².